The number of benzene rings is 2. The number of nitrogens with one attached hydrogen (secondary N) is 1. The zero-order valence-electron chi connectivity index (χ0n) is 13.1. The summed E-state index contributed by atoms with van der Waals surface area (Å²) in [6, 6.07) is 8.08. The summed E-state index contributed by atoms with van der Waals surface area (Å²) in [7, 11) is 0. The second kappa shape index (κ2) is 7.98. The van der Waals surface area contributed by atoms with E-state index in [1.54, 1.807) is 0 Å². The van der Waals surface area contributed by atoms with Crippen LogP contribution in [-0.4, -0.2) is 19.0 Å². The molecule has 0 aliphatic heterocycles. The Morgan fingerprint density at radius 2 is 1.80 bits per heavy atom. The average Bonchev–Trinajstić information content (AvgIpc) is 2.58. The fourth-order valence-corrected chi connectivity index (χ4v) is 2.00. The Morgan fingerprint density at radius 3 is 2.36 bits per heavy atom. The molecule has 0 saturated heterocycles. The van der Waals surface area contributed by atoms with Gasteiger partial charge in [-0.2, -0.15) is 13.2 Å². The van der Waals surface area contributed by atoms with Gasteiger partial charge in [0.25, 0.3) is 5.91 Å². The highest BCUT2D eigenvalue weighted by molar-refractivity contribution is 5.94. The van der Waals surface area contributed by atoms with E-state index in [1.807, 2.05) is 0 Å². The first-order chi connectivity index (χ1) is 11.8. The van der Waals surface area contributed by atoms with Crippen LogP contribution in [0.4, 0.5) is 17.6 Å². The smallest absolute Gasteiger partial charge is 0.416 e. The van der Waals surface area contributed by atoms with Gasteiger partial charge >= 0.3 is 6.18 Å². The molecule has 2 aromatic rings. The lowest BCUT2D eigenvalue weighted by atomic mass is 10.1. The molecular formula is C17H16F4N2O2. The van der Waals surface area contributed by atoms with Crippen LogP contribution in [-0.2, 0) is 12.8 Å². The van der Waals surface area contributed by atoms with Crippen LogP contribution >= 0.6 is 0 Å². The second-order valence-electron chi connectivity index (χ2n) is 5.17. The van der Waals surface area contributed by atoms with Crippen LogP contribution in [0, 0.1) is 5.82 Å². The molecule has 4 nitrogen and oxygen atoms in total. The Morgan fingerprint density at radius 1 is 1.12 bits per heavy atom. The molecule has 0 unspecified atom stereocenters. The molecule has 0 fully saturated rings. The van der Waals surface area contributed by atoms with Crippen molar-refractivity contribution in [2.75, 3.05) is 13.1 Å². The molecule has 1 amide bonds. The van der Waals surface area contributed by atoms with Gasteiger partial charge in [-0.25, -0.2) is 4.39 Å². The van der Waals surface area contributed by atoms with Crippen molar-refractivity contribution in [2.45, 2.75) is 12.8 Å². The maximum absolute atomic E-state index is 14.0. The van der Waals surface area contributed by atoms with Crippen LogP contribution < -0.4 is 15.8 Å². The SMILES string of the molecule is NCCNC(=O)c1ccc(OCc2ccc(C(F)(F)F)cc2)c(F)c1. The van der Waals surface area contributed by atoms with Crippen LogP contribution in [0.15, 0.2) is 42.5 Å². The number of ether oxygens (including phenoxy) is 1. The number of amides is 1. The number of carbonyl (C=O) groups excluding carboxylic acids is 1. The van der Waals surface area contributed by atoms with Crippen LogP contribution in [0.3, 0.4) is 0 Å². The van der Waals surface area contributed by atoms with E-state index in [2.05, 4.69) is 5.32 Å². The van der Waals surface area contributed by atoms with Gasteiger partial charge in [-0.3, -0.25) is 4.79 Å². The molecule has 0 aliphatic rings. The fraction of sp³-hybridized carbons (Fsp3) is 0.235. The largest absolute Gasteiger partial charge is 0.486 e. The number of halogens is 4. The molecular weight excluding hydrogens is 340 g/mol. The fourth-order valence-electron chi connectivity index (χ4n) is 2.00. The molecule has 0 aromatic heterocycles. The van der Waals surface area contributed by atoms with Crippen LogP contribution in [0.2, 0.25) is 0 Å². The Kier molecular flexibility index (Phi) is 5.97. The lowest BCUT2D eigenvalue weighted by Gasteiger charge is -2.10. The zero-order valence-corrected chi connectivity index (χ0v) is 13.1. The first-order valence-corrected chi connectivity index (χ1v) is 7.38. The van der Waals surface area contributed by atoms with E-state index in [1.165, 1.54) is 24.3 Å². The van der Waals surface area contributed by atoms with Crippen LogP contribution in [0.1, 0.15) is 21.5 Å². The third kappa shape index (κ3) is 5.18. The molecule has 25 heavy (non-hydrogen) atoms. The van der Waals surface area contributed by atoms with Gasteiger partial charge in [-0.1, -0.05) is 12.1 Å². The summed E-state index contributed by atoms with van der Waals surface area (Å²) >= 11 is 0. The Labute approximate surface area is 141 Å². The van der Waals surface area contributed by atoms with Crippen molar-refractivity contribution >= 4 is 5.91 Å². The van der Waals surface area contributed by atoms with Gasteiger partial charge in [-0.15, -0.1) is 0 Å². The lowest BCUT2D eigenvalue weighted by Crippen LogP contribution is -2.29. The van der Waals surface area contributed by atoms with Crippen LogP contribution in [0.25, 0.3) is 0 Å². The Hall–Kier alpha value is -2.61. The highest BCUT2D eigenvalue weighted by atomic mass is 19.4. The molecule has 2 rings (SSSR count). The van der Waals surface area contributed by atoms with Gasteiger partial charge in [0.05, 0.1) is 5.56 Å². The maximum atomic E-state index is 14.0. The molecule has 0 saturated carbocycles. The minimum atomic E-state index is -4.41. The molecule has 0 heterocycles. The van der Waals surface area contributed by atoms with Crippen molar-refractivity contribution < 1.29 is 27.1 Å². The van der Waals surface area contributed by atoms with Gasteiger partial charge in [-0.05, 0) is 35.9 Å². The molecule has 0 bridgehead atoms. The first-order valence-electron chi connectivity index (χ1n) is 7.38. The van der Waals surface area contributed by atoms with E-state index >= 15 is 0 Å². The molecule has 8 heteroatoms. The average molecular weight is 356 g/mol. The molecule has 134 valence electrons. The first kappa shape index (κ1) is 18.7. The summed E-state index contributed by atoms with van der Waals surface area (Å²) in [4.78, 5) is 11.7. The van der Waals surface area contributed by atoms with E-state index in [4.69, 9.17) is 10.5 Å². The third-order valence-electron chi connectivity index (χ3n) is 3.30. The van der Waals surface area contributed by atoms with E-state index in [0.717, 1.165) is 18.2 Å². The standard InChI is InChI=1S/C17H16F4N2O2/c18-14-9-12(16(24)23-8-7-22)3-6-15(14)25-10-11-1-4-13(5-2-11)17(19,20)21/h1-6,9H,7-8,10,22H2,(H,23,24). The minimum absolute atomic E-state index is 0.102. The topological polar surface area (TPSA) is 64.3 Å². The number of hydrogen-bond donors (Lipinski definition) is 2. The van der Waals surface area contributed by atoms with Gasteiger partial charge in [0.2, 0.25) is 0 Å². The number of rotatable bonds is 6. The van der Waals surface area contributed by atoms with Crippen molar-refractivity contribution in [1.29, 1.82) is 0 Å². The molecule has 2 aromatic carbocycles. The number of alkyl halides is 3. The molecule has 0 radical (unpaired) electrons. The number of hydrogen-bond acceptors (Lipinski definition) is 3. The van der Waals surface area contributed by atoms with Crippen LogP contribution in [0.5, 0.6) is 5.75 Å². The van der Waals surface area contributed by atoms with Gasteiger partial charge in [0, 0.05) is 18.7 Å². The summed E-state index contributed by atoms with van der Waals surface area (Å²) in [5.41, 5.74) is 5.07. The summed E-state index contributed by atoms with van der Waals surface area (Å²) in [5.74, 6) is -1.30. The summed E-state index contributed by atoms with van der Waals surface area (Å²) in [6.07, 6.45) is -4.41. The van der Waals surface area contributed by atoms with E-state index in [0.29, 0.717) is 5.56 Å². The number of nitrogens with two attached hydrogens (primary N) is 1. The minimum Gasteiger partial charge on any atom is -0.486 e. The molecule has 0 atom stereocenters. The van der Waals surface area contributed by atoms with Gasteiger partial charge < -0.3 is 15.8 Å². The highest BCUT2D eigenvalue weighted by Crippen LogP contribution is 2.29. The molecule has 0 spiro atoms. The van der Waals surface area contributed by atoms with Crippen molar-refractivity contribution in [3.8, 4) is 5.75 Å². The van der Waals surface area contributed by atoms with E-state index < -0.39 is 23.5 Å². The molecule has 3 N–H and O–H groups in total. The normalized spacial score (nSPS) is 11.2. The second-order valence-corrected chi connectivity index (χ2v) is 5.17. The van der Waals surface area contributed by atoms with Crippen molar-refractivity contribution in [1.82, 2.24) is 5.32 Å². The van der Waals surface area contributed by atoms with Gasteiger partial charge in [0.1, 0.15) is 6.61 Å². The monoisotopic (exact) mass is 356 g/mol. The number of carbonyl (C=O) groups is 1. The van der Waals surface area contributed by atoms with Gasteiger partial charge in [0.15, 0.2) is 11.6 Å². The Balaban J connectivity index is 2.00. The maximum Gasteiger partial charge on any atom is 0.416 e. The predicted molar refractivity (Wildman–Crippen MR) is 83.6 cm³/mol. The highest BCUT2D eigenvalue weighted by Gasteiger charge is 2.29. The van der Waals surface area contributed by atoms with Crippen molar-refractivity contribution in [3.63, 3.8) is 0 Å². The Bertz CT molecular complexity index is 730. The lowest BCUT2D eigenvalue weighted by molar-refractivity contribution is -0.137. The quantitative estimate of drug-likeness (QED) is 0.782. The zero-order chi connectivity index (χ0) is 18.4. The summed E-state index contributed by atoms with van der Waals surface area (Å²) in [5, 5.41) is 2.51. The van der Waals surface area contributed by atoms with E-state index in [-0.39, 0.29) is 31.0 Å². The summed E-state index contributed by atoms with van der Waals surface area (Å²) < 4.78 is 56.7. The third-order valence-corrected chi connectivity index (χ3v) is 3.30. The van der Waals surface area contributed by atoms with Crippen molar-refractivity contribution in [3.05, 3.63) is 65.0 Å². The molecule has 0 aliphatic carbocycles. The van der Waals surface area contributed by atoms with E-state index in [9.17, 15) is 22.4 Å². The summed E-state index contributed by atoms with van der Waals surface area (Å²) in [6.45, 7) is 0.433. The van der Waals surface area contributed by atoms with Crippen molar-refractivity contribution in [2.24, 2.45) is 5.73 Å². The predicted octanol–water partition coefficient (Wildman–Crippen LogP) is 3.11.